The van der Waals surface area contributed by atoms with Crippen molar-refractivity contribution < 1.29 is 24.6 Å². The second-order valence-corrected chi connectivity index (χ2v) is 11.4. The molecule has 3 aromatic heterocycles. The van der Waals surface area contributed by atoms with Crippen LogP contribution < -0.4 is 10.2 Å². The first kappa shape index (κ1) is 29.6. The number of benzene rings is 1. The van der Waals surface area contributed by atoms with Crippen LogP contribution >= 0.6 is 0 Å². The van der Waals surface area contributed by atoms with E-state index in [1.807, 2.05) is 55.6 Å². The summed E-state index contributed by atoms with van der Waals surface area (Å²) in [5.74, 6) is -2.59. The van der Waals surface area contributed by atoms with Crippen molar-refractivity contribution in [2.75, 3.05) is 36.4 Å². The minimum Gasteiger partial charge on any atom is -0.477 e. The van der Waals surface area contributed by atoms with Crippen LogP contribution in [0.2, 0.25) is 0 Å². The molecule has 0 radical (unpaired) electrons. The number of carbonyl (C=O) groups excluding carboxylic acids is 2. The number of carboxylic acids is 1. The Morgan fingerprint density at radius 2 is 1.72 bits per heavy atom. The van der Waals surface area contributed by atoms with Crippen LogP contribution in [0.1, 0.15) is 46.9 Å². The van der Waals surface area contributed by atoms with Crippen molar-refractivity contribution in [1.29, 1.82) is 0 Å². The number of aromatic carboxylic acids is 1. The number of nitrogens with one attached hydrogen (secondary N) is 1. The molecule has 2 aliphatic rings. The van der Waals surface area contributed by atoms with Crippen LogP contribution in [0.3, 0.4) is 0 Å². The Kier molecular flexibility index (Phi) is 8.40. The van der Waals surface area contributed by atoms with Gasteiger partial charge in [0.05, 0.1) is 29.9 Å². The number of nitrogens with zero attached hydrogens (tertiary/aromatic N) is 6. The molecule has 0 bridgehead atoms. The van der Waals surface area contributed by atoms with Crippen LogP contribution in [0.4, 0.5) is 11.5 Å². The molecule has 0 spiro atoms. The number of carboxylic acid groups (broad SMARTS) is 1. The number of anilines is 2. The number of aromatic nitrogens is 4. The average Bonchev–Trinajstić information content (AvgIpc) is 3.70. The SMILES string of the molecule is Cc1cc(N2CCC(C)C2)cn2nc(C(=O)N3CC(C(=O)Nc4cccc(C(=O)O)n4)C(C)(O)C3)nc12.c1ccccc1. The summed E-state index contributed by atoms with van der Waals surface area (Å²) in [4.78, 5) is 49.4. The zero-order valence-corrected chi connectivity index (χ0v) is 24.3. The molecule has 43 heavy (non-hydrogen) atoms. The predicted octanol–water partition coefficient (Wildman–Crippen LogP) is 3.13. The molecule has 0 aliphatic carbocycles. The third-order valence-electron chi connectivity index (χ3n) is 7.74. The van der Waals surface area contributed by atoms with E-state index in [-0.39, 0.29) is 30.4 Å². The Morgan fingerprint density at radius 1 is 1.02 bits per heavy atom. The number of aryl methyl sites for hydroxylation is 1. The fraction of sp³-hybridized carbons (Fsp3) is 0.355. The van der Waals surface area contributed by atoms with Gasteiger partial charge in [-0.15, -0.1) is 5.10 Å². The lowest BCUT2D eigenvalue weighted by atomic mass is 9.92. The minimum absolute atomic E-state index is 0.0114. The zero-order valence-electron chi connectivity index (χ0n) is 24.3. The molecule has 3 N–H and O–H groups in total. The molecule has 2 fully saturated rings. The van der Waals surface area contributed by atoms with Gasteiger partial charge in [-0.05, 0) is 49.9 Å². The molecular weight excluding hydrogens is 550 g/mol. The molecule has 224 valence electrons. The first-order chi connectivity index (χ1) is 20.5. The molecule has 5 heterocycles. The van der Waals surface area contributed by atoms with Gasteiger partial charge in [0.1, 0.15) is 5.82 Å². The van der Waals surface area contributed by atoms with Crippen LogP contribution in [0.15, 0.2) is 66.9 Å². The lowest BCUT2D eigenvalue weighted by Gasteiger charge is -2.22. The van der Waals surface area contributed by atoms with E-state index in [4.69, 9.17) is 5.11 Å². The number of β-amino-alcohol motifs (C(OH)–C–C–N with tert-alkyl or cyclic N) is 1. The lowest BCUT2D eigenvalue weighted by Crippen LogP contribution is -2.41. The molecule has 3 unspecified atom stereocenters. The van der Waals surface area contributed by atoms with Crippen molar-refractivity contribution in [3.8, 4) is 0 Å². The summed E-state index contributed by atoms with van der Waals surface area (Å²) in [6.07, 6.45) is 3.00. The Bertz CT molecular complexity index is 1610. The standard InChI is InChI=1S/C25H29N7O5.C6H6/c1-14-7-8-30(10-14)16-9-15(2)21-28-20(29-32(21)11-16)23(34)31-12-17(25(3,37)13-31)22(33)27-19-6-4-5-18(26-19)24(35)36;1-2-4-6-5-3-1/h4-6,9,11,14,17,37H,7-8,10,12-13H2,1-3H3,(H,35,36)(H,26,27,33);1-6H. The van der Waals surface area contributed by atoms with Crippen molar-refractivity contribution in [1.82, 2.24) is 24.5 Å². The Balaban J connectivity index is 0.000000548. The quantitative estimate of drug-likeness (QED) is 0.321. The number of pyridine rings is 2. The number of aliphatic hydroxyl groups is 1. The lowest BCUT2D eigenvalue weighted by molar-refractivity contribution is -0.125. The number of amides is 2. The van der Waals surface area contributed by atoms with Gasteiger partial charge < -0.3 is 25.3 Å². The van der Waals surface area contributed by atoms with Gasteiger partial charge in [0.25, 0.3) is 5.91 Å². The monoisotopic (exact) mass is 585 g/mol. The highest BCUT2D eigenvalue weighted by molar-refractivity contribution is 5.96. The Labute approximate surface area is 249 Å². The average molecular weight is 586 g/mol. The zero-order chi connectivity index (χ0) is 30.7. The van der Waals surface area contributed by atoms with E-state index >= 15 is 0 Å². The van der Waals surface area contributed by atoms with Crippen LogP contribution in [-0.2, 0) is 4.79 Å². The maximum absolute atomic E-state index is 13.3. The van der Waals surface area contributed by atoms with E-state index in [1.54, 1.807) is 4.52 Å². The molecule has 2 amide bonds. The summed E-state index contributed by atoms with van der Waals surface area (Å²) in [5.41, 5.74) is 0.760. The molecule has 12 heteroatoms. The van der Waals surface area contributed by atoms with Gasteiger partial charge >= 0.3 is 5.97 Å². The highest BCUT2D eigenvalue weighted by Crippen LogP contribution is 2.30. The molecular formula is C31H35N7O5. The fourth-order valence-electron chi connectivity index (χ4n) is 5.43. The van der Waals surface area contributed by atoms with Crippen molar-refractivity contribution in [2.45, 2.75) is 32.8 Å². The third kappa shape index (κ3) is 6.64. The topological polar surface area (TPSA) is 153 Å². The van der Waals surface area contributed by atoms with E-state index in [9.17, 15) is 19.5 Å². The molecule has 12 nitrogen and oxygen atoms in total. The molecule has 2 aliphatic heterocycles. The van der Waals surface area contributed by atoms with Gasteiger partial charge in [0, 0.05) is 19.6 Å². The first-order valence-corrected chi connectivity index (χ1v) is 14.2. The number of hydrogen-bond acceptors (Lipinski definition) is 8. The molecule has 2 saturated heterocycles. The number of rotatable bonds is 5. The van der Waals surface area contributed by atoms with Crippen LogP contribution in [0.5, 0.6) is 0 Å². The Morgan fingerprint density at radius 3 is 2.35 bits per heavy atom. The highest BCUT2D eigenvalue weighted by atomic mass is 16.4. The van der Waals surface area contributed by atoms with E-state index in [0.29, 0.717) is 11.6 Å². The van der Waals surface area contributed by atoms with E-state index in [2.05, 4.69) is 32.2 Å². The van der Waals surface area contributed by atoms with Crippen molar-refractivity contribution in [2.24, 2.45) is 11.8 Å². The third-order valence-corrected chi connectivity index (χ3v) is 7.74. The second-order valence-electron chi connectivity index (χ2n) is 11.4. The van der Waals surface area contributed by atoms with E-state index in [0.717, 1.165) is 30.8 Å². The predicted molar refractivity (Wildman–Crippen MR) is 160 cm³/mol. The van der Waals surface area contributed by atoms with Crippen molar-refractivity contribution in [3.63, 3.8) is 0 Å². The van der Waals surface area contributed by atoms with Crippen LogP contribution in [0, 0.1) is 18.8 Å². The van der Waals surface area contributed by atoms with Gasteiger partial charge in [0.15, 0.2) is 11.3 Å². The van der Waals surface area contributed by atoms with Crippen molar-refractivity contribution >= 4 is 34.9 Å². The summed E-state index contributed by atoms with van der Waals surface area (Å²) in [5, 5.41) is 27.0. The number of carbonyl (C=O) groups is 3. The largest absolute Gasteiger partial charge is 0.477 e. The molecule has 4 aromatic rings. The molecule has 3 atom stereocenters. The van der Waals surface area contributed by atoms with Gasteiger partial charge in [0.2, 0.25) is 11.7 Å². The van der Waals surface area contributed by atoms with Gasteiger partial charge in [-0.3, -0.25) is 9.59 Å². The van der Waals surface area contributed by atoms with E-state index in [1.165, 1.54) is 30.0 Å². The van der Waals surface area contributed by atoms with E-state index < -0.39 is 29.3 Å². The maximum Gasteiger partial charge on any atom is 0.354 e. The second kappa shape index (κ2) is 12.2. The first-order valence-electron chi connectivity index (χ1n) is 14.2. The normalized spacial score (nSPS) is 21.4. The van der Waals surface area contributed by atoms with Gasteiger partial charge in [-0.1, -0.05) is 49.4 Å². The number of fused-ring (bicyclic) bond motifs is 1. The van der Waals surface area contributed by atoms with Gasteiger partial charge in [-0.25, -0.2) is 19.3 Å². The van der Waals surface area contributed by atoms with Gasteiger partial charge in [-0.2, -0.15) is 0 Å². The summed E-state index contributed by atoms with van der Waals surface area (Å²) >= 11 is 0. The van der Waals surface area contributed by atoms with Crippen LogP contribution in [-0.4, -0.2) is 84.3 Å². The number of hydrogen-bond donors (Lipinski definition) is 3. The molecule has 0 saturated carbocycles. The fourth-order valence-corrected chi connectivity index (χ4v) is 5.43. The summed E-state index contributed by atoms with van der Waals surface area (Å²) < 4.78 is 1.61. The molecule has 6 rings (SSSR count). The summed E-state index contributed by atoms with van der Waals surface area (Å²) in [7, 11) is 0. The summed E-state index contributed by atoms with van der Waals surface area (Å²) in [6.45, 7) is 7.42. The highest BCUT2D eigenvalue weighted by Gasteiger charge is 2.48. The van der Waals surface area contributed by atoms with Crippen molar-refractivity contribution in [3.05, 3.63) is 83.9 Å². The maximum atomic E-state index is 13.3. The van der Waals surface area contributed by atoms with Crippen LogP contribution in [0.25, 0.3) is 5.65 Å². The molecule has 1 aromatic carbocycles. The Hall–Kier alpha value is -4.84. The smallest absolute Gasteiger partial charge is 0.354 e. The summed E-state index contributed by atoms with van der Waals surface area (Å²) in [6, 6.07) is 18.3. The number of likely N-dealkylation sites (tertiary alicyclic amines) is 1. The minimum atomic E-state index is -1.52.